The molecule has 0 radical (unpaired) electrons. The summed E-state index contributed by atoms with van der Waals surface area (Å²) in [6.07, 6.45) is 1.78. The van der Waals surface area contributed by atoms with Gasteiger partial charge in [-0.05, 0) is 37.6 Å². The van der Waals surface area contributed by atoms with E-state index < -0.39 is 5.97 Å². The van der Waals surface area contributed by atoms with Gasteiger partial charge in [0.15, 0.2) is 5.43 Å². The van der Waals surface area contributed by atoms with E-state index >= 15 is 0 Å². The summed E-state index contributed by atoms with van der Waals surface area (Å²) < 4.78 is 7.05. The predicted octanol–water partition coefficient (Wildman–Crippen LogP) is 4.68. The van der Waals surface area contributed by atoms with E-state index in [1.807, 2.05) is 38.1 Å². The number of hydrogen-bond donors (Lipinski definition) is 0. The van der Waals surface area contributed by atoms with E-state index in [4.69, 9.17) is 4.74 Å². The van der Waals surface area contributed by atoms with Crippen molar-refractivity contribution in [3.05, 3.63) is 57.7 Å². The van der Waals surface area contributed by atoms with Crippen molar-refractivity contribution in [3.8, 4) is 0 Å². The first-order valence-corrected chi connectivity index (χ1v) is 8.56. The van der Waals surface area contributed by atoms with Crippen LogP contribution in [-0.4, -0.2) is 12.6 Å². The number of aryl methyl sites for hydroxylation is 1. The van der Waals surface area contributed by atoms with Crippen molar-refractivity contribution in [2.24, 2.45) is 0 Å². The smallest absolute Gasteiger partial charge is 0.338 e. The number of carbonyl (C=O) groups is 1. The molecule has 0 aliphatic rings. The van der Waals surface area contributed by atoms with Gasteiger partial charge in [0.25, 0.3) is 0 Å². The van der Waals surface area contributed by atoms with Gasteiger partial charge in [-0.25, -0.2) is 4.79 Å². The van der Waals surface area contributed by atoms with Gasteiger partial charge in [0.1, 0.15) is 0 Å². The number of ether oxygens (including phenoxy) is 1. The molecule has 0 bridgehead atoms. The summed E-state index contributed by atoms with van der Waals surface area (Å²) in [5.74, 6) is -0.416. The summed E-state index contributed by atoms with van der Waals surface area (Å²) in [6.45, 7) is 4.38. The lowest BCUT2D eigenvalue weighted by molar-refractivity contribution is 0.0502. The Hall–Kier alpha value is -2.20. The molecule has 3 nitrogen and oxygen atoms in total. The molecule has 0 saturated carbocycles. The van der Waals surface area contributed by atoms with Crippen LogP contribution < -0.4 is 5.43 Å². The zero-order valence-electron chi connectivity index (χ0n) is 13.2. The average molecular weight is 326 g/mol. The van der Waals surface area contributed by atoms with E-state index in [0.717, 1.165) is 27.8 Å². The third-order valence-electron chi connectivity index (χ3n) is 3.80. The molecule has 0 N–H and O–H groups in total. The summed E-state index contributed by atoms with van der Waals surface area (Å²) in [5.41, 5.74) is 1.30. The molecule has 4 heteroatoms. The highest BCUT2D eigenvalue weighted by molar-refractivity contribution is 7.24. The van der Waals surface area contributed by atoms with Crippen LogP contribution in [0.25, 0.3) is 20.2 Å². The third kappa shape index (κ3) is 2.99. The Morgan fingerprint density at radius 3 is 2.78 bits per heavy atom. The van der Waals surface area contributed by atoms with Crippen LogP contribution in [0.15, 0.2) is 41.2 Å². The minimum Gasteiger partial charge on any atom is -0.462 e. The minimum atomic E-state index is -0.416. The van der Waals surface area contributed by atoms with E-state index in [1.54, 1.807) is 12.1 Å². The van der Waals surface area contributed by atoms with E-state index in [-0.39, 0.29) is 5.43 Å². The lowest BCUT2D eigenvalue weighted by Gasteiger charge is -2.08. The normalized spacial score (nSPS) is 11.0. The van der Waals surface area contributed by atoms with E-state index in [1.165, 1.54) is 11.3 Å². The molecule has 0 aliphatic heterocycles. The first-order chi connectivity index (χ1) is 11.1. The highest BCUT2D eigenvalue weighted by atomic mass is 32.1. The summed E-state index contributed by atoms with van der Waals surface area (Å²) in [4.78, 5) is 25.2. The van der Waals surface area contributed by atoms with Crippen LogP contribution in [0.4, 0.5) is 0 Å². The maximum absolute atomic E-state index is 12.9. The maximum atomic E-state index is 12.9. The Kier molecular flexibility index (Phi) is 4.44. The van der Waals surface area contributed by atoms with Crippen LogP contribution in [0.2, 0.25) is 0 Å². The molecule has 0 saturated heterocycles. The molecule has 1 aromatic heterocycles. The molecule has 0 amide bonds. The molecule has 23 heavy (non-hydrogen) atoms. The van der Waals surface area contributed by atoms with E-state index in [9.17, 15) is 9.59 Å². The Labute approximate surface area is 138 Å². The van der Waals surface area contributed by atoms with Crippen molar-refractivity contribution in [2.45, 2.75) is 26.7 Å². The van der Waals surface area contributed by atoms with Gasteiger partial charge in [0.05, 0.1) is 17.6 Å². The monoisotopic (exact) mass is 326 g/mol. The zero-order chi connectivity index (χ0) is 16.4. The lowest BCUT2D eigenvalue weighted by atomic mass is 10.1. The molecule has 0 aliphatic carbocycles. The standard InChI is InChI=1S/C19H18O3S/c1-3-4-10-22-19(21)13-6-5-7-16-17(13)18(20)14-11-12(2)8-9-15(14)23-16/h5-9,11H,3-4,10H2,1-2H3. The van der Waals surface area contributed by atoms with Crippen molar-refractivity contribution >= 4 is 37.5 Å². The van der Waals surface area contributed by atoms with Crippen molar-refractivity contribution in [1.82, 2.24) is 0 Å². The molecule has 0 spiro atoms. The number of fused-ring (bicyclic) bond motifs is 2. The van der Waals surface area contributed by atoms with Gasteiger partial charge in [-0.3, -0.25) is 4.79 Å². The molecule has 0 unspecified atom stereocenters. The fourth-order valence-corrected chi connectivity index (χ4v) is 3.66. The van der Waals surface area contributed by atoms with Crippen molar-refractivity contribution in [1.29, 1.82) is 0 Å². The molecule has 118 valence electrons. The van der Waals surface area contributed by atoms with Crippen LogP contribution in [-0.2, 0) is 4.74 Å². The van der Waals surface area contributed by atoms with Gasteiger partial charge in [-0.15, -0.1) is 11.3 Å². The molecule has 2 aromatic carbocycles. The third-order valence-corrected chi connectivity index (χ3v) is 4.94. The predicted molar refractivity (Wildman–Crippen MR) is 95.5 cm³/mol. The highest BCUT2D eigenvalue weighted by Gasteiger charge is 2.16. The Morgan fingerprint density at radius 1 is 1.17 bits per heavy atom. The number of carbonyl (C=O) groups excluding carboxylic acids is 1. The molecule has 0 fully saturated rings. The molecule has 1 heterocycles. The molecular formula is C19H18O3S. The van der Waals surface area contributed by atoms with Crippen LogP contribution in [0.3, 0.4) is 0 Å². The summed E-state index contributed by atoms with van der Waals surface area (Å²) >= 11 is 1.53. The maximum Gasteiger partial charge on any atom is 0.338 e. The topological polar surface area (TPSA) is 43.4 Å². The zero-order valence-corrected chi connectivity index (χ0v) is 14.0. The van der Waals surface area contributed by atoms with E-state index in [0.29, 0.717) is 22.9 Å². The SMILES string of the molecule is CCCCOC(=O)c1cccc2sc3ccc(C)cc3c(=O)c12. The van der Waals surface area contributed by atoms with Crippen molar-refractivity contribution < 1.29 is 9.53 Å². The van der Waals surface area contributed by atoms with Crippen molar-refractivity contribution in [2.75, 3.05) is 6.61 Å². The van der Waals surface area contributed by atoms with Gasteiger partial charge >= 0.3 is 5.97 Å². The minimum absolute atomic E-state index is 0.0968. The number of rotatable bonds is 4. The van der Waals surface area contributed by atoms with Gasteiger partial charge in [-0.2, -0.15) is 0 Å². The largest absolute Gasteiger partial charge is 0.462 e. The molecule has 0 atom stereocenters. The van der Waals surface area contributed by atoms with Crippen LogP contribution in [0.1, 0.15) is 35.7 Å². The molecule has 3 aromatic rings. The highest BCUT2D eigenvalue weighted by Crippen LogP contribution is 2.27. The number of unbranched alkanes of at least 4 members (excludes halogenated alkanes) is 1. The summed E-state index contributed by atoms with van der Waals surface area (Å²) in [6, 6.07) is 11.2. The fourth-order valence-electron chi connectivity index (χ4n) is 2.57. The Morgan fingerprint density at radius 2 is 2.00 bits per heavy atom. The number of benzene rings is 2. The first-order valence-electron chi connectivity index (χ1n) is 7.75. The second-order valence-electron chi connectivity index (χ2n) is 5.60. The van der Waals surface area contributed by atoms with Gasteiger partial charge in [-0.1, -0.05) is 31.0 Å². The summed E-state index contributed by atoms with van der Waals surface area (Å²) in [5, 5.41) is 1.13. The average Bonchev–Trinajstić information content (AvgIpc) is 2.55. The fraction of sp³-hybridized carbons (Fsp3) is 0.263. The number of esters is 1. The number of hydrogen-bond acceptors (Lipinski definition) is 4. The second-order valence-corrected chi connectivity index (χ2v) is 6.68. The van der Waals surface area contributed by atoms with Crippen LogP contribution in [0, 0.1) is 6.92 Å². The Balaban J connectivity index is 2.20. The Bertz CT molecular complexity index is 940. The van der Waals surface area contributed by atoms with Gasteiger partial charge in [0.2, 0.25) is 0 Å². The van der Waals surface area contributed by atoms with Crippen LogP contribution >= 0.6 is 11.3 Å². The van der Waals surface area contributed by atoms with Gasteiger partial charge < -0.3 is 4.74 Å². The first kappa shape index (κ1) is 15.7. The van der Waals surface area contributed by atoms with Crippen molar-refractivity contribution in [3.63, 3.8) is 0 Å². The quantitative estimate of drug-likeness (QED) is 0.397. The van der Waals surface area contributed by atoms with E-state index in [2.05, 4.69) is 0 Å². The molecule has 3 rings (SSSR count). The van der Waals surface area contributed by atoms with Crippen LogP contribution in [0.5, 0.6) is 0 Å². The lowest BCUT2D eigenvalue weighted by Crippen LogP contribution is -2.11. The molecular weight excluding hydrogens is 308 g/mol. The second kappa shape index (κ2) is 6.50. The van der Waals surface area contributed by atoms with Gasteiger partial charge in [0, 0.05) is 14.8 Å². The summed E-state index contributed by atoms with van der Waals surface area (Å²) in [7, 11) is 0.